The van der Waals surface area contributed by atoms with Crippen molar-refractivity contribution >= 4 is 17.4 Å². The van der Waals surface area contributed by atoms with Gasteiger partial charge in [-0.05, 0) is 54.3 Å². The Bertz CT molecular complexity index is 946. The highest BCUT2D eigenvalue weighted by atomic mass is 32.2. The van der Waals surface area contributed by atoms with Gasteiger partial charge in [-0.2, -0.15) is 0 Å². The van der Waals surface area contributed by atoms with Crippen LogP contribution in [0.25, 0.3) is 0 Å². The van der Waals surface area contributed by atoms with E-state index in [1.165, 1.54) is 0 Å². The summed E-state index contributed by atoms with van der Waals surface area (Å²) in [7, 11) is 0. The van der Waals surface area contributed by atoms with Crippen molar-refractivity contribution in [2.24, 2.45) is 5.73 Å². The van der Waals surface area contributed by atoms with Gasteiger partial charge in [0, 0.05) is 15.5 Å². The van der Waals surface area contributed by atoms with Crippen LogP contribution in [0.2, 0.25) is 0 Å². The average molecular weight is 425 g/mol. The third-order valence-electron chi connectivity index (χ3n) is 4.93. The molecule has 6 heteroatoms. The fraction of sp³-hybridized carbons (Fsp3) is 0.250. The zero-order chi connectivity index (χ0) is 21.4. The van der Waals surface area contributed by atoms with Gasteiger partial charge in [0.15, 0.2) is 0 Å². The van der Waals surface area contributed by atoms with E-state index in [0.29, 0.717) is 25.1 Å². The van der Waals surface area contributed by atoms with Crippen molar-refractivity contribution < 1.29 is 14.9 Å². The first-order valence-corrected chi connectivity index (χ1v) is 10.7. The average Bonchev–Trinajstić information content (AvgIpc) is 2.78. The van der Waals surface area contributed by atoms with Crippen LogP contribution < -0.4 is 16.2 Å². The Hall–Kier alpha value is -2.51. The molecule has 3 aromatic carbocycles. The van der Waals surface area contributed by atoms with Crippen LogP contribution in [0, 0.1) is 0 Å². The maximum absolute atomic E-state index is 9.34. The van der Waals surface area contributed by atoms with Crippen molar-refractivity contribution in [3.8, 4) is 5.75 Å². The number of benzene rings is 3. The summed E-state index contributed by atoms with van der Waals surface area (Å²) in [6, 6.07) is 24.0. The van der Waals surface area contributed by atoms with Gasteiger partial charge in [0.25, 0.3) is 0 Å². The summed E-state index contributed by atoms with van der Waals surface area (Å²) < 4.78 is 5.91. The summed E-state index contributed by atoms with van der Waals surface area (Å²) in [5.41, 5.74) is 13.9. The van der Waals surface area contributed by atoms with Gasteiger partial charge >= 0.3 is 0 Å². The van der Waals surface area contributed by atoms with Crippen LogP contribution in [0.5, 0.6) is 5.75 Å². The first-order chi connectivity index (χ1) is 14.5. The molecule has 0 aliphatic rings. The summed E-state index contributed by atoms with van der Waals surface area (Å²) in [4.78, 5) is 2.09. The molecule has 158 valence electrons. The van der Waals surface area contributed by atoms with E-state index in [1.54, 1.807) is 11.8 Å². The number of anilines is 1. The van der Waals surface area contributed by atoms with Crippen molar-refractivity contribution in [1.29, 1.82) is 0 Å². The molecule has 0 unspecified atom stereocenters. The van der Waals surface area contributed by atoms with Gasteiger partial charge in [-0.25, -0.2) is 0 Å². The highest BCUT2D eigenvalue weighted by molar-refractivity contribution is 7.99. The molecule has 0 bridgehead atoms. The van der Waals surface area contributed by atoms with E-state index >= 15 is 0 Å². The molecule has 3 aromatic rings. The second kappa shape index (κ2) is 10.5. The summed E-state index contributed by atoms with van der Waals surface area (Å²) >= 11 is 1.61. The second-order valence-electron chi connectivity index (χ2n) is 7.39. The summed E-state index contributed by atoms with van der Waals surface area (Å²) in [5.74, 6) is 0.820. The van der Waals surface area contributed by atoms with E-state index in [4.69, 9.17) is 16.2 Å². The molecule has 6 N–H and O–H groups in total. The molecule has 0 aliphatic carbocycles. The lowest BCUT2D eigenvalue weighted by molar-refractivity contribution is 0.115. The number of ether oxygens (including phenoxy) is 1. The van der Waals surface area contributed by atoms with Crippen molar-refractivity contribution in [2.45, 2.75) is 34.8 Å². The molecule has 0 saturated heterocycles. The summed E-state index contributed by atoms with van der Waals surface area (Å²) in [5, 5.41) is 18.7. The number of rotatable bonds is 10. The topological polar surface area (TPSA) is 102 Å². The van der Waals surface area contributed by atoms with E-state index in [9.17, 15) is 10.2 Å². The standard InChI is InChI=1S/C24H28N2O3S/c25-23-14-22(10-9-19(23)11-12-24(26,16-27)17-28)30-21-8-4-7-20(13-21)29-15-18-5-2-1-3-6-18/h1-10,13-14,27-28H,11-12,15-17,25-26H2. The van der Waals surface area contributed by atoms with Crippen LogP contribution in [-0.4, -0.2) is 29.0 Å². The lowest BCUT2D eigenvalue weighted by atomic mass is 9.93. The Labute approximate surface area is 181 Å². The second-order valence-corrected chi connectivity index (χ2v) is 8.54. The summed E-state index contributed by atoms with van der Waals surface area (Å²) in [6.07, 6.45) is 1.05. The number of aryl methyl sites for hydroxylation is 1. The largest absolute Gasteiger partial charge is 0.489 e. The van der Waals surface area contributed by atoms with E-state index in [-0.39, 0.29) is 13.2 Å². The van der Waals surface area contributed by atoms with Crippen LogP contribution in [-0.2, 0) is 13.0 Å². The molecule has 0 aliphatic heterocycles. The van der Waals surface area contributed by atoms with Gasteiger partial charge in [-0.3, -0.25) is 0 Å². The minimum atomic E-state index is -0.986. The quantitative estimate of drug-likeness (QED) is 0.371. The zero-order valence-corrected chi connectivity index (χ0v) is 17.6. The smallest absolute Gasteiger partial charge is 0.120 e. The third-order valence-corrected chi connectivity index (χ3v) is 5.91. The monoisotopic (exact) mass is 424 g/mol. The summed E-state index contributed by atoms with van der Waals surface area (Å²) in [6.45, 7) is 0.000960. The number of aliphatic hydroxyl groups is 2. The number of nitrogens with two attached hydrogens (primary N) is 2. The van der Waals surface area contributed by atoms with Crippen LogP contribution in [0.15, 0.2) is 82.6 Å². The number of nitrogen functional groups attached to an aromatic ring is 1. The fourth-order valence-corrected chi connectivity index (χ4v) is 3.88. The minimum Gasteiger partial charge on any atom is -0.489 e. The molecule has 0 radical (unpaired) electrons. The van der Waals surface area contributed by atoms with E-state index in [0.717, 1.165) is 26.7 Å². The van der Waals surface area contributed by atoms with E-state index in [2.05, 4.69) is 0 Å². The first kappa shape index (κ1) is 22.2. The molecule has 0 amide bonds. The SMILES string of the molecule is Nc1cc(Sc2cccc(OCc3ccccc3)c2)ccc1CCC(N)(CO)CO. The van der Waals surface area contributed by atoms with Gasteiger partial charge in [0.1, 0.15) is 12.4 Å². The molecular weight excluding hydrogens is 396 g/mol. The molecule has 0 fully saturated rings. The van der Waals surface area contributed by atoms with Crippen molar-refractivity contribution in [3.05, 3.63) is 83.9 Å². The number of hydrogen-bond acceptors (Lipinski definition) is 6. The van der Waals surface area contributed by atoms with Gasteiger partial charge in [0.05, 0.1) is 18.8 Å². The molecule has 0 atom stereocenters. The van der Waals surface area contributed by atoms with Gasteiger partial charge in [0.2, 0.25) is 0 Å². The molecule has 3 rings (SSSR count). The van der Waals surface area contributed by atoms with E-state index in [1.807, 2.05) is 72.8 Å². The molecule has 0 saturated carbocycles. The highest BCUT2D eigenvalue weighted by Crippen LogP contribution is 2.32. The number of hydrogen-bond donors (Lipinski definition) is 4. The first-order valence-electron chi connectivity index (χ1n) is 9.85. The van der Waals surface area contributed by atoms with Crippen LogP contribution in [0.4, 0.5) is 5.69 Å². The molecule has 0 aromatic heterocycles. The predicted octanol–water partition coefficient (Wildman–Crippen LogP) is 3.61. The minimum absolute atomic E-state index is 0.264. The molecule has 0 heterocycles. The Morgan fingerprint density at radius 3 is 2.30 bits per heavy atom. The fourth-order valence-electron chi connectivity index (χ4n) is 2.96. The Kier molecular flexibility index (Phi) is 7.76. The molecular formula is C24H28N2O3S. The Morgan fingerprint density at radius 2 is 1.60 bits per heavy atom. The van der Waals surface area contributed by atoms with Gasteiger partial charge in [-0.1, -0.05) is 54.2 Å². The Balaban J connectivity index is 1.61. The normalized spacial score (nSPS) is 11.4. The van der Waals surface area contributed by atoms with Gasteiger partial charge in [-0.15, -0.1) is 0 Å². The molecule has 30 heavy (non-hydrogen) atoms. The van der Waals surface area contributed by atoms with Gasteiger partial charge < -0.3 is 26.4 Å². The maximum atomic E-state index is 9.34. The maximum Gasteiger partial charge on any atom is 0.120 e. The van der Waals surface area contributed by atoms with Crippen molar-refractivity contribution in [3.63, 3.8) is 0 Å². The molecule has 0 spiro atoms. The molecule has 5 nitrogen and oxygen atoms in total. The lowest BCUT2D eigenvalue weighted by Gasteiger charge is -2.24. The third kappa shape index (κ3) is 6.24. The van der Waals surface area contributed by atoms with Crippen LogP contribution >= 0.6 is 11.8 Å². The van der Waals surface area contributed by atoms with Crippen molar-refractivity contribution in [2.75, 3.05) is 18.9 Å². The van der Waals surface area contributed by atoms with Crippen LogP contribution in [0.3, 0.4) is 0 Å². The lowest BCUT2D eigenvalue weighted by Crippen LogP contribution is -2.47. The van der Waals surface area contributed by atoms with Crippen molar-refractivity contribution in [1.82, 2.24) is 0 Å². The predicted molar refractivity (Wildman–Crippen MR) is 122 cm³/mol. The Morgan fingerprint density at radius 1 is 0.867 bits per heavy atom. The number of aliphatic hydroxyl groups excluding tert-OH is 2. The van der Waals surface area contributed by atoms with E-state index < -0.39 is 5.54 Å². The van der Waals surface area contributed by atoms with Crippen LogP contribution in [0.1, 0.15) is 17.5 Å². The highest BCUT2D eigenvalue weighted by Gasteiger charge is 2.23. The zero-order valence-electron chi connectivity index (χ0n) is 16.8.